The summed E-state index contributed by atoms with van der Waals surface area (Å²) in [5.74, 6) is 0.985. The van der Waals surface area contributed by atoms with Gasteiger partial charge < -0.3 is 9.64 Å². The van der Waals surface area contributed by atoms with Crippen LogP contribution in [0.1, 0.15) is 64.4 Å². The third-order valence-electron chi connectivity index (χ3n) is 3.74. The molecule has 0 aromatic heterocycles. The van der Waals surface area contributed by atoms with E-state index in [0.29, 0.717) is 0 Å². The van der Waals surface area contributed by atoms with Crippen LogP contribution in [-0.4, -0.2) is 25.1 Å². The number of nitrogens with zero attached hydrogens (tertiary/aromatic N) is 1. The number of unbranched alkanes of at least 4 members (excludes halogenated alkanes) is 5. The van der Waals surface area contributed by atoms with Crippen molar-refractivity contribution < 1.29 is 4.74 Å². The van der Waals surface area contributed by atoms with Gasteiger partial charge in [0.25, 0.3) is 0 Å². The fraction of sp³-hybridized carbons (Fsp3) is 0.684. The third-order valence-corrected chi connectivity index (χ3v) is 3.74. The first kappa shape index (κ1) is 18.0. The fourth-order valence-corrected chi connectivity index (χ4v) is 2.46. The van der Waals surface area contributed by atoms with Crippen LogP contribution in [0.5, 0.6) is 5.75 Å². The van der Waals surface area contributed by atoms with E-state index in [0.717, 1.165) is 25.3 Å². The molecule has 0 N–H and O–H groups in total. The van der Waals surface area contributed by atoms with Crippen LogP contribution in [0.3, 0.4) is 0 Å². The smallest absolute Gasteiger partial charge is 0.119 e. The highest BCUT2D eigenvalue weighted by Crippen LogP contribution is 2.14. The van der Waals surface area contributed by atoms with E-state index in [-0.39, 0.29) is 0 Å². The predicted molar refractivity (Wildman–Crippen MR) is 91.9 cm³/mol. The standard InChI is InChI=1S/C19H33NO/c1-4-6-7-8-9-10-15-20(3)17-18-11-13-19(14-12-18)21-16-5-2/h11-14H,4-10,15-17H2,1-3H3. The van der Waals surface area contributed by atoms with Crippen LogP contribution in [0, 0.1) is 0 Å². The molecular formula is C19H33NO. The molecule has 0 aliphatic rings. The van der Waals surface area contributed by atoms with Gasteiger partial charge in [-0.05, 0) is 44.1 Å². The van der Waals surface area contributed by atoms with Crippen LogP contribution >= 0.6 is 0 Å². The van der Waals surface area contributed by atoms with Gasteiger partial charge in [-0.2, -0.15) is 0 Å². The SMILES string of the molecule is CCCCCCCCN(C)Cc1ccc(OCCC)cc1. The molecule has 0 aliphatic heterocycles. The molecule has 1 aromatic carbocycles. The number of ether oxygens (including phenoxy) is 1. The van der Waals surface area contributed by atoms with Crippen molar-refractivity contribution >= 4 is 0 Å². The Hall–Kier alpha value is -1.02. The summed E-state index contributed by atoms with van der Waals surface area (Å²) in [4.78, 5) is 2.42. The molecule has 0 radical (unpaired) electrons. The van der Waals surface area contributed by atoms with Gasteiger partial charge in [-0.25, -0.2) is 0 Å². The van der Waals surface area contributed by atoms with Gasteiger partial charge in [0.2, 0.25) is 0 Å². The van der Waals surface area contributed by atoms with Crippen molar-refractivity contribution in [2.45, 2.75) is 65.3 Å². The second-order valence-corrected chi connectivity index (χ2v) is 6.00. The lowest BCUT2D eigenvalue weighted by Crippen LogP contribution is -2.19. The Kier molecular flexibility index (Phi) is 9.98. The van der Waals surface area contributed by atoms with Gasteiger partial charge >= 0.3 is 0 Å². The van der Waals surface area contributed by atoms with E-state index in [1.807, 2.05) is 0 Å². The molecular weight excluding hydrogens is 258 g/mol. The fourth-order valence-electron chi connectivity index (χ4n) is 2.46. The van der Waals surface area contributed by atoms with Crippen molar-refractivity contribution in [3.05, 3.63) is 29.8 Å². The lowest BCUT2D eigenvalue weighted by atomic mass is 10.1. The minimum atomic E-state index is 0.803. The van der Waals surface area contributed by atoms with Crippen molar-refractivity contribution in [3.8, 4) is 5.75 Å². The molecule has 2 nitrogen and oxygen atoms in total. The molecule has 0 atom stereocenters. The van der Waals surface area contributed by atoms with Crippen molar-refractivity contribution in [1.82, 2.24) is 4.90 Å². The summed E-state index contributed by atoms with van der Waals surface area (Å²) in [5, 5.41) is 0. The van der Waals surface area contributed by atoms with E-state index >= 15 is 0 Å². The van der Waals surface area contributed by atoms with Gasteiger partial charge in [0.1, 0.15) is 5.75 Å². The Morgan fingerprint density at radius 2 is 1.52 bits per heavy atom. The summed E-state index contributed by atoms with van der Waals surface area (Å²) >= 11 is 0. The highest BCUT2D eigenvalue weighted by atomic mass is 16.5. The van der Waals surface area contributed by atoms with Gasteiger partial charge in [0.05, 0.1) is 6.61 Å². The maximum Gasteiger partial charge on any atom is 0.119 e. The molecule has 0 aliphatic carbocycles. The first-order chi connectivity index (χ1) is 10.3. The molecule has 0 amide bonds. The van der Waals surface area contributed by atoms with Crippen molar-refractivity contribution in [2.24, 2.45) is 0 Å². The quantitative estimate of drug-likeness (QED) is 0.487. The number of hydrogen-bond donors (Lipinski definition) is 0. The third kappa shape index (κ3) is 8.77. The molecule has 0 fully saturated rings. The maximum absolute atomic E-state index is 5.61. The zero-order chi connectivity index (χ0) is 15.3. The number of rotatable bonds is 12. The summed E-state index contributed by atoms with van der Waals surface area (Å²) in [6.45, 7) is 7.43. The molecule has 120 valence electrons. The van der Waals surface area contributed by atoms with E-state index < -0.39 is 0 Å². The molecule has 0 unspecified atom stereocenters. The van der Waals surface area contributed by atoms with Crippen LogP contribution in [-0.2, 0) is 6.54 Å². The number of benzene rings is 1. The van der Waals surface area contributed by atoms with Crippen molar-refractivity contribution in [2.75, 3.05) is 20.2 Å². The van der Waals surface area contributed by atoms with Crippen LogP contribution in [0.15, 0.2) is 24.3 Å². The Balaban J connectivity index is 2.17. The molecule has 1 rings (SSSR count). The highest BCUT2D eigenvalue weighted by Gasteiger charge is 2.01. The van der Waals surface area contributed by atoms with Gasteiger partial charge in [0, 0.05) is 6.54 Å². The van der Waals surface area contributed by atoms with Crippen molar-refractivity contribution in [3.63, 3.8) is 0 Å². The topological polar surface area (TPSA) is 12.5 Å². The minimum absolute atomic E-state index is 0.803. The first-order valence-corrected chi connectivity index (χ1v) is 8.66. The lowest BCUT2D eigenvalue weighted by molar-refractivity contribution is 0.312. The van der Waals surface area contributed by atoms with Crippen molar-refractivity contribution in [1.29, 1.82) is 0 Å². The van der Waals surface area contributed by atoms with E-state index in [4.69, 9.17) is 4.74 Å². The Labute approximate surface area is 131 Å². The minimum Gasteiger partial charge on any atom is -0.494 e. The molecule has 0 bridgehead atoms. The average Bonchev–Trinajstić information content (AvgIpc) is 2.50. The van der Waals surface area contributed by atoms with Gasteiger partial charge in [0.15, 0.2) is 0 Å². The average molecular weight is 291 g/mol. The van der Waals surface area contributed by atoms with E-state index in [1.165, 1.54) is 50.6 Å². The van der Waals surface area contributed by atoms with Crippen LogP contribution < -0.4 is 4.74 Å². The van der Waals surface area contributed by atoms with E-state index in [9.17, 15) is 0 Å². The van der Waals surface area contributed by atoms with E-state index in [1.54, 1.807) is 0 Å². The van der Waals surface area contributed by atoms with Gasteiger partial charge in [-0.3, -0.25) is 0 Å². The molecule has 21 heavy (non-hydrogen) atoms. The molecule has 0 spiro atoms. The Morgan fingerprint density at radius 3 is 2.19 bits per heavy atom. The predicted octanol–water partition coefficient (Wildman–Crippen LogP) is 5.27. The monoisotopic (exact) mass is 291 g/mol. The highest BCUT2D eigenvalue weighted by molar-refractivity contribution is 5.27. The Bertz CT molecular complexity index is 347. The largest absolute Gasteiger partial charge is 0.494 e. The first-order valence-electron chi connectivity index (χ1n) is 8.66. The van der Waals surface area contributed by atoms with Crippen LogP contribution in [0.2, 0.25) is 0 Å². The molecule has 2 heteroatoms. The van der Waals surface area contributed by atoms with Crippen LogP contribution in [0.25, 0.3) is 0 Å². The lowest BCUT2D eigenvalue weighted by Gasteiger charge is -2.17. The second kappa shape index (κ2) is 11.6. The number of hydrogen-bond acceptors (Lipinski definition) is 2. The molecule has 0 saturated carbocycles. The van der Waals surface area contributed by atoms with E-state index in [2.05, 4.69) is 50.1 Å². The molecule has 0 saturated heterocycles. The zero-order valence-corrected chi connectivity index (χ0v) is 14.2. The summed E-state index contributed by atoms with van der Waals surface area (Å²) < 4.78 is 5.61. The molecule has 0 heterocycles. The Morgan fingerprint density at radius 1 is 0.857 bits per heavy atom. The summed E-state index contributed by atoms with van der Waals surface area (Å²) in [6, 6.07) is 8.54. The van der Waals surface area contributed by atoms with Crippen LogP contribution in [0.4, 0.5) is 0 Å². The maximum atomic E-state index is 5.61. The van der Waals surface area contributed by atoms with Gasteiger partial charge in [-0.1, -0.05) is 58.1 Å². The molecule has 1 aromatic rings. The summed E-state index contributed by atoms with van der Waals surface area (Å²) in [5.41, 5.74) is 1.37. The second-order valence-electron chi connectivity index (χ2n) is 6.00. The summed E-state index contributed by atoms with van der Waals surface area (Å²) in [7, 11) is 2.22. The van der Waals surface area contributed by atoms with Gasteiger partial charge in [-0.15, -0.1) is 0 Å². The normalized spacial score (nSPS) is 11.0. The zero-order valence-electron chi connectivity index (χ0n) is 14.2. The summed E-state index contributed by atoms with van der Waals surface area (Å²) in [6.07, 6.45) is 9.26.